The molecule has 0 aliphatic rings. The molecule has 27 aromatic carbocycles. The monoisotopic (exact) mass is 1790 g/mol. The van der Waals surface area contributed by atoms with Crippen molar-refractivity contribution in [3.63, 3.8) is 0 Å². The molecule has 0 fully saturated rings. The van der Waals surface area contributed by atoms with Crippen molar-refractivity contribution in [1.82, 2.24) is 13.7 Å². The van der Waals surface area contributed by atoms with Gasteiger partial charge in [-0.3, -0.25) is 0 Å². The summed E-state index contributed by atoms with van der Waals surface area (Å²) in [5, 5.41) is 38.2. The molecular formula is C138H87N3. The van der Waals surface area contributed by atoms with E-state index in [0.717, 1.165) is 0 Å². The number of rotatable bonds is 9. The molecule has 0 aliphatic heterocycles. The molecule has 0 bridgehead atoms. The van der Waals surface area contributed by atoms with Gasteiger partial charge < -0.3 is 13.7 Å². The Kier molecular flexibility index (Phi) is 19.0. The fraction of sp³-hybridized carbons (Fsp3) is 0. The maximum absolute atomic E-state index is 2.46. The van der Waals surface area contributed by atoms with Crippen molar-refractivity contribution in [1.29, 1.82) is 0 Å². The Hall–Kier alpha value is -18.5. The van der Waals surface area contributed by atoms with Crippen molar-refractivity contribution in [2.75, 3.05) is 0 Å². The van der Waals surface area contributed by atoms with Crippen LogP contribution in [-0.4, -0.2) is 13.7 Å². The van der Waals surface area contributed by atoms with E-state index in [1.54, 1.807) is 0 Å². The molecule has 0 saturated carbocycles. The van der Waals surface area contributed by atoms with Crippen molar-refractivity contribution >= 4 is 195 Å². The van der Waals surface area contributed by atoms with Crippen LogP contribution in [0.4, 0.5) is 0 Å². The van der Waals surface area contributed by atoms with Crippen LogP contribution in [0.5, 0.6) is 0 Å². The van der Waals surface area contributed by atoms with Crippen LogP contribution in [0.15, 0.2) is 528 Å². The molecule has 0 spiro atoms. The van der Waals surface area contributed by atoms with E-state index in [9.17, 15) is 0 Å². The molecule has 654 valence electrons. The number of para-hydroxylation sites is 3. The third kappa shape index (κ3) is 13.6. The summed E-state index contributed by atoms with van der Waals surface area (Å²) in [6, 6.07) is 194. The molecule has 30 aromatic rings. The zero-order valence-electron chi connectivity index (χ0n) is 77.1. The summed E-state index contributed by atoms with van der Waals surface area (Å²) < 4.78 is 7.37. The molecule has 3 nitrogen and oxygen atoms in total. The molecule has 0 saturated heterocycles. The first-order chi connectivity index (χ1) is 69.9. The molecule has 3 heteroatoms. The van der Waals surface area contributed by atoms with E-state index in [4.69, 9.17) is 0 Å². The van der Waals surface area contributed by atoms with Gasteiger partial charge in [-0.2, -0.15) is 0 Å². The Morgan fingerprint density at radius 1 is 0.0922 bits per heavy atom. The predicted octanol–water partition coefficient (Wildman–Crippen LogP) is 38.2. The van der Waals surface area contributed by atoms with E-state index in [0.29, 0.717) is 0 Å². The molecule has 141 heavy (non-hydrogen) atoms. The average Bonchev–Trinajstić information content (AvgIpc) is 1.59. The van der Waals surface area contributed by atoms with Gasteiger partial charge in [-0.05, 0) is 289 Å². The van der Waals surface area contributed by atoms with E-state index in [-0.39, 0.29) is 0 Å². The lowest BCUT2D eigenvalue weighted by Gasteiger charge is -2.14. The summed E-state index contributed by atoms with van der Waals surface area (Å²) in [5.41, 5.74) is 25.7. The SMILES string of the molecule is c1cc(-c2ccc3c(c2)c2ccccc2n3-c2cc3ccccc3c3ccccc23)cc(-c2cc3ccccc3c3ccccc23)c1.c1cc(-c2ccc3c(ccc4ccccc43)c2)cc(-c2ccc3c(c2)c2ccccc2n3-c2cc3ccccc3c3ccccc23)c1.c1cc(-c2ccc3ccc4ccccc4c3c2)cc(-c2ccc3c(c2)c2ccccc2n3-c2cc3ccccc3c3ccccc23)c1. The molecule has 0 atom stereocenters. The highest BCUT2D eigenvalue weighted by Crippen LogP contribution is 2.47. The number of hydrogen-bond acceptors (Lipinski definition) is 0. The highest BCUT2D eigenvalue weighted by Gasteiger charge is 2.24. The van der Waals surface area contributed by atoms with Crippen LogP contribution in [-0.2, 0) is 0 Å². The van der Waals surface area contributed by atoms with Crippen molar-refractivity contribution in [2.24, 2.45) is 0 Å². The zero-order valence-corrected chi connectivity index (χ0v) is 77.1. The smallest absolute Gasteiger partial charge is 0.0546 e. The van der Waals surface area contributed by atoms with Crippen LogP contribution >= 0.6 is 0 Å². The fourth-order valence-electron chi connectivity index (χ4n) is 23.2. The Morgan fingerprint density at radius 3 is 0.688 bits per heavy atom. The first-order valence-corrected chi connectivity index (χ1v) is 48.8. The van der Waals surface area contributed by atoms with Gasteiger partial charge in [0.05, 0.1) is 50.2 Å². The topological polar surface area (TPSA) is 14.8 Å². The first kappa shape index (κ1) is 80.9. The van der Waals surface area contributed by atoms with E-state index in [1.165, 1.54) is 279 Å². The van der Waals surface area contributed by atoms with Gasteiger partial charge in [0.25, 0.3) is 0 Å². The van der Waals surface area contributed by atoms with E-state index in [2.05, 4.69) is 541 Å². The third-order valence-corrected chi connectivity index (χ3v) is 29.8. The fourth-order valence-corrected chi connectivity index (χ4v) is 23.2. The molecular weight excluding hydrogens is 1700 g/mol. The Morgan fingerprint density at radius 2 is 0.305 bits per heavy atom. The summed E-state index contributed by atoms with van der Waals surface area (Å²) in [5.74, 6) is 0. The summed E-state index contributed by atoms with van der Waals surface area (Å²) in [7, 11) is 0. The van der Waals surface area contributed by atoms with Gasteiger partial charge in [-0.1, -0.05) is 419 Å². The lowest BCUT2D eigenvalue weighted by atomic mass is 9.91. The summed E-state index contributed by atoms with van der Waals surface area (Å²) in [6.45, 7) is 0. The largest absolute Gasteiger partial charge is 0.309 e. The van der Waals surface area contributed by atoms with Crippen molar-refractivity contribution in [2.45, 2.75) is 0 Å². The first-order valence-electron chi connectivity index (χ1n) is 48.8. The summed E-state index contributed by atoms with van der Waals surface area (Å²) in [6.07, 6.45) is 0. The number of benzene rings is 27. The van der Waals surface area contributed by atoms with Gasteiger partial charge in [0.15, 0.2) is 0 Å². The molecule has 0 unspecified atom stereocenters. The zero-order chi connectivity index (χ0) is 92.7. The van der Waals surface area contributed by atoms with Crippen molar-refractivity contribution < 1.29 is 0 Å². The van der Waals surface area contributed by atoms with Gasteiger partial charge in [0.1, 0.15) is 0 Å². The van der Waals surface area contributed by atoms with Crippen LogP contribution in [0.25, 0.3) is 279 Å². The van der Waals surface area contributed by atoms with Crippen LogP contribution in [0.3, 0.4) is 0 Å². The van der Waals surface area contributed by atoms with Gasteiger partial charge in [-0.25, -0.2) is 0 Å². The van der Waals surface area contributed by atoms with Gasteiger partial charge in [0, 0.05) is 48.5 Å². The molecule has 3 heterocycles. The normalized spacial score (nSPS) is 11.8. The third-order valence-electron chi connectivity index (χ3n) is 29.8. The van der Waals surface area contributed by atoms with Crippen molar-refractivity contribution in [3.8, 4) is 83.8 Å². The lowest BCUT2D eigenvalue weighted by molar-refractivity contribution is 1.20. The van der Waals surface area contributed by atoms with E-state index in [1.807, 2.05) is 0 Å². The number of hydrogen-bond donors (Lipinski definition) is 0. The van der Waals surface area contributed by atoms with Gasteiger partial charge in [0.2, 0.25) is 0 Å². The maximum atomic E-state index is 2.46. The van der Waals surface area contributed by atoms with Crippen molar-refractivity contribution in [3.05, 3.63) is 528 Å². The quantitative estimate of drug-likeness (QED) is 0.128. The Labute approximate surface area is 814 Å². The average molecular weight is 1790 g/mol. The number of fused-ring (bicyclic) bond motifs is 27. The Bertz CT molecular complexity index is 10400. The lowest BCUT2D eigenvalue weighted by Crippen LogP contribution is -1.96. The van der Waals surface area contributed by atoms with Crippen LogP contribution in [0.1, 0.15) is 0 Å². The maximum Gasteiger partial charge on any atom is 0.0546 e. The highest BCUT2D eigenvalue weighted by atomic mass is 15.0. The molecule has 0 N–H and O–H groups in total. The predicted molar refractivity (Wildman–Crippen MR) is 605 cm³/mol. The van der Waals surface area contributed by atoms with E-state index < -0.39 is 0 Å². The second-order valence-electron chi connectivity index (χ2n) is 37.6. The van der Waals surface area contributed by atoms with Crippen LogP contribution in [0.2, 0.25) is 0 Å². The molecule has 0 aliphatic carbocycles. The molecule has 0 radical (unpaired) electrons. The summed E-state index contributed by atoms with van der Waals surface area (Å²) >= 11 is 0. The van der Waals surface area contributed by atoms with Crippen LogP contribution < -0.4 is 0 Å². The minimum atomic E-state index is 1.21. The van der Waals surface area contributed by atoms with Crippen LogP contribution in [0, 0.1) is 0 Å². The molecule has 3 aromatic heterocycles. The van der Waals surface area contributed by atoms with E-state index >= 15 is 0 Å². The highest BCUT2D eigenvalue weighted by molar-refractivity contribution is 6.22. The van der Waals surface area contributed by atoms with Gasteiger partial charge in [-0.15, -0.1) is 0 Å². The second kappa shape index (κ2) is 33.2. The standard InChI is InChI=1S/3C46H29N/c1-3-16-35-33(12-1)28-42(39-20-6-5-18-37(35)39)32-15-11-14-30(26-32)31-24-25-45-43(27-31)41-22-9-10-23-44(41)47(45)46-29-34-13-2-4-17-36(34)38-19-7-8-21-40(38)46;1-3-14-37-30(10-1)20-21-36-27-33(22-24-39(36)37)31-12-9-13-32(26-31)34-23-25-45-43(28-34)42-18-7-8-19-44(42)47(45)46-29-35-11-2-4-15-38(35)40-16-5-6-17-41(40)46;1-3-14-37-30(10-1)20-21-31-22-23-34(27-42(31)37)32-12-9-13-33(26-32)35-24-25-45-43(28-35)41-18-7-8-19-44(41)47(45)46-29-36-11-2-4-15-38(36)39-16-5-6-17-40(39)46/h3*1-29H. The number of aromatic nitrogens is 3. The summed E-state index contributed by atoms with van der Waals surface area (Å²) in [4.78, 5) is 0. The Balaban J connectivity index is 0.000000104. The minimum absolute atomic E-state index is 1.21. The number of nitrogens with zero attached hydrogens (tertiary/aromatic N) is 3. The molecule has 0 amide bonds. The van der Waals surface area contributed by atoms with Gasteiger partial charge >= 0.3 is 0 Å². The minimum Gasteiger partial charge on any atom is -0.309 e. The second-order valence-corrected chi connectivity index (χ2v) is 37.6. The molecule has 30 rings (SSSR count).